The van der Waals surface area contributed by atoms with E-state index in [1.807, 2.05) is 48.7 Å². The molecule has 1 aromatic carbocycles. The summed E-state index contributed by atoms with van der Waals surface area (Å²) in [5.41, 5.74) is 1.15. The third kappa shape index (κ3) is 2.89. The van der Waals surface area contributed by atoms with Gasteiger partial charge in [-0.25, -0.2) is 0 Å². The molecule has 0 atom stereocenters. The van der Waals surface area contributed by atoms with Crippen molar-refractivity contribution >= 4 is 6.08 Å². The molecule has 60 valence electrons. The summed E-state index contributed by atoms with van der Waals surface area (Å²) in [6, 6.07) is 9.98. The van der Waals surface area contributed by atoms with Crippen LogP contribution in [-0.2, 0) is 0 Å². The lowest BCUT2D eigenvalue weighted by Crippen LogP contribution is -2.02. The molecule has 0 bridgehead atoms. The second-order valence-corrected chi connectivity index (χ2v) is 2.31. The van der Waals surface area contributed by atoms with Crippen molar-refractivity contribution in [3.8, 4) is 6.19 Å². The summed E-state index contributed by atoms with van der Waals surface area (Å²) in [6.45, 7) is 0.589. The minimum absolute atomic E-state index is 0.589. The van der Waals surface area contributed by atoms with E-state index >= 15 is 0 Å². The Labute approximate surface area is 72.1 Å². The topological polar surface area (TPSA) is 35.8 Å². The molecular formula is C10H10N2. The van der Waals surface area contributed by atoms with Crippen LogP contribution in [0.15, 0.2) is 36.4 Å². The fourth-order valence-electron chi connectivity index (χ4n) is 0.864. The molecule has 0 aliphatic rings. The number of rotatable bonds is 3. The second kappa shape index (κ2) is 4.97. The molecule has 0 saturated heterocycles. The molecule has 0 saturated carbocycles. The van der Waals surface area contributed by atoms with Gasteiger partial charge in [0.25, 0.3) is 0 Å². The summed E-state index contributed by atoms with van der Waals surface area (Å²) < 4.78 is 0. The quantitative estimate of drug-likeness (QED) is 0.413. The van der Waals surface area contributed by atoms with E-state index in [1.54, 1.807) is 0 Å². The molecule has 0 aliphatic heterocycles. The molecule has 0 spiro atoms. The Morgan fingerprint density at radius 1 is 1.33 bits per heavy atom. The van der Waals surface area contributed by atoms with Gasteiger partial charge in [-0.3, -0.25) is 0 Å². The Morgan fingerprint density at radius 2 is 2.08 bits per heavy atom. The molecule has 2 heteroatoms. The number of nitrogens with one attached hydrogen (secondary N) is 1. The zero-order chi connectivity index (χ0) is 8.65. The van der Waals surface area contributed by atoms with Crippen molar-refractivity contribution in [1.29, 1.82) is 5.26 Å². The molecule has 0 fully saturated rings. The molecule has 2 nitrogen and oxygen atoms in total. The molecule has 0 unspecified atom stereocenters. The highest BCUT2D eigenvalue weighted by molar-refractivity contribution is 5.48. The zero-order valence-corrected chi connectivity index (χ0v) is 6.70. The maximum atomic E-state index is 8.17. The first kappa shape index (κ1) is 8.35. The van der Waals surface area contributed by atoms with Crippen molar-refractivity contribution in [3.05, 3.63) is 42.0 Å². The molecular weight excluding hydrogens is 148 g/mol. The fraction of sp³-hybridized carbons (Fsp3) is 0.100. The van der Waals surface area contributed by atoms with Gasteiger partial charge in [0.2, 0.25) is 0 Å². The van der Waals surface area contributed by atoms with Gasteiger partial charge in [0.15, 0.2) is 6.19 Å². The van der Waals surface area contributed by atoms with E-state index in [-0.39, 0.29) is 0 Å². The lowest BCUT2D eigenvalue weighted by atomic mass is 10.2. The molecule has 0 amide bonds. The zero-order valence-electron chi connectivity index (χ0n) is 6.70. The van der Waals surface area contributed by atoms with Gasteiger partial charge in [-0.15, -0.1) is 0 Å². The molecule has 1 N–H and O–H groups in total. The van der Waals surface area contributed by atoms with Gasteiger partial charge < -0.3 is 5.32 Å². The second-order valence-electron chi connectivity index (χ2n) is 2.31. The summed E-state index contributed by atoms with van der Waals surface area (Å²) in [5, 5.41) is 10.7. The van der Waals surface area contributed by atoms with Crippen molar-refractivity contribution < 1.29 is 0 Å². The van der Waals surface area contributed by atoms with Crippen molar-refractivity contribution in [3.63, 3.8) is 0 Å². The Balaban J connectivity index is 2.43. The van der Waals surface area contributed by atoms with E-state index in [0.29, 0.717) is 6.54 Å². The first-order valence-corrected chi connectivity index (χ1v) is 3.77. The van der Waals surface area contributed by atoms with Gasteiger partial charge in [-0.2, -0.15) is 5.26 Å². The Morgan fingerprint density at radius 3 is 2.75 bits per heavy atom. The van der Waals surface area contributed by atoms with E-state index < -0.39 is 0 Å². The van der Waals surface area contributed by atoms with Crippen molar-refractivity contribution in [1.82, 2.24) is 5.32 Å². The third-order valence-electron chi connectivity index (χ3n) is 1.41. The van der Waals surface area contributed by atoms with Crippen LogP contribution < -0.4 is 5.32 Å². The van der Waals surface area contributed by atoms with Crippen LogP contribution in [0.4, 0.5) is 0 Å². The average Bonchev–Trinajstić information content (AvgIpc) is 2.14. The summed E-state index contributed by atoms with van der Waals surface area (Å²) in [6.07, 6.45) is 5.74. The van der Waals surface area contributed by atoms with Gasteiger partial charge in [0.05, 0.1) is 0 Å². The highest BCUT2D eigenvalue weighted by Gasteiger charge is 1.80. The molecule has 0 radical (unpaired) electrons. The predicted octanol–water partition coefficient (Wildman–Crippen LogP) is 1.77. The normalized spacial score (nSPS) is 9.58. The van der Waals surface area contributed by atoms with Gasteiger partial charge in [0, 0.05) is 6.54 Å². The van der Waals surface area contributed by atoms with E-state index in [0.717, 1.165) is 5.56 Å². The van der Waals surface area contributed by atoms with Crippen LogP contribution in [0.5, 0.6) is 0 Å². The fourth-order valence-corrected chi connectivity index (χ4v) is 0.864. The summed E-state index contributed by atoms with van der Waals surface area (Å²) in [5.74, 6) is 0. The first-order valence-electron chi connectivity index (χ1n) is 3.77. The number of benzene rings is 1. The van der Waals surface area contributed by atoms with Crippen LogP contribution in [0, 0.1) is 11.5 Å². The van der Waals surface area contributed by atoms with Gasteiger partial charge in [-0.05, 0) is 5.56 Å². The van der Waals surface area contributed by atoms with E-state index in [1.165, 1.54) is 0 Å². The summed E-state index contributed by atoms with van der Waals surface area (Å²) in [7, 11) is 0. The smallest absolute Gasteiger partial charge is 0.176 e. The number of hydrogen-bond donors (Lipinski definition) is 1. The monoisotopic (exact) mass is 158 g/mol. The van der Waals surface area contributed by atoms with E-state index in [4.69, 9.17) is 5.26 Å². The lowest BCUT2D eigenvalue weighted by Gasteiger charge is -1.90. The average molecular weight is 158 g/mol. The highest BCUT2D eigenvalue weighted by atomic mass is 14.8. The van der Waals surface area contributed by atoms with Gasteiger partial charge >= 0.3 is 0 Å². The van der Waals surface area contributed by atoms with E-state index in [2.05, 4.69) is 5.32 Å². The Kier molecular flexibility index (Phi) is 3.46. The molecule has 0 aliphatic carbocycles. The molecule has 12 heavy (non-hydrogen) atoms. The first-order chi connectivity index (χ1) is 5.93. The van der Waals surface area contributed by atoms with Gasteiger partial charge in [-0.1, -0.05) is 42.5 Å². The number of nitrogens with zero attached hydrogens (tertiary/aromatic N) is 1. The Hall–Kier alpha value is -1.75. The van der Waals surface area contributed by atoms with E-state index in [9.17, 15) is 0 Å². The number of hydrogen-bond acceptors (Lipinski definition) is 2. The predicted molar refractivity (Wildman–Crippen MR) is 49.1 cm³/mol. The maximum absolute atomic E-state index is 8.17. The van der Waals surface area contributed by atoms with Crippen LogP contribution in [0.1, 0.15) is 5.56 Å². The lowest BCUT2D eigenvalue weighted by molar-refractivity contribution is 1.00. The minimum atomic E-state index is 0.589. The van der Waals surface area contributed by atoms with Crippen LogP contribution in [-0.4, -0.2) is 6.54 Å². The third-order valence-corrected chi connectivity index (χ3v) is 1.41. The van der Waals surface area contributed by atoms with Crippen LogP contribution in [0.3, 0.4) is 0 Å². The molecule has 0 heterocycles. The van der Waals surface area contributed by atoms with Crippen LogP contribution in [0.2, 0.25) is 0 Å². The van der Waals surface area contributed by atoms with Crippen LogP contribution in [0.25, 0.3) is 6.08 Å². The maximum Gasteiger partial charge on any atom is 0.176 e. The summed E-state index contributed by atoms with van der Waals surface area (Å²) in [4.78, 5) is 0. The number of nitriles is 1. The van der Waals surface area contributed by atoms with Crippen molar-refractivity contribution in [2.75, 3.05) is 6.54 Å². The standard InChI is InChI=1S/C10H10N2/c11-9-12-8-4-7-10-5-2-1-3-6-10/h1-7,12H,8H2/b7-4+. The molecule has 1 rings (SSSR count). The van der Waals surface area contributed by atoms with Crippen LogP contribution >= 0.6 is 0 Å². The Bertz CT molecular complexity index is 282. The largest absolute Gasteiger partial charge is 0.320 e. The molecule has 1 aromatic rings. The summed E-state index contributed by atoms with van der Waals surface area (Å²) >= 11 is 0. The minimum Gasteiger partial charge on any atom is -0.320 e. The van der Waals surface area contributed by atoms with Crippen molar-refractivity contribution in [2.45, 2.75) is 0 Å². The van der Waals surface area contributed by atoms with Gasteiger partial charge in [0.1, 0.15) is 0 Å². The van der Waals surface area contributed by atoms with Crippen molar-refractivity contribution in [2.24, 2.45) is 0 Å². The highest BCUT2D eigenvalue weighted by Crippen LogP contribution is 1.99. The SMILES string of the molecule is N#CNC/C=C/c1ccccc1. The molecule has 0 aromatic heterocycles.